The molecule has 0 radical (unpaired) electrons. The highest BCUT2D eigenvalue weighted by Gasteiger charge is 2.22. The molecule has 0 amide bonds. The number of rotatable bonds is 7. The molecule has 1 atom stereocenters. The van der Waals surface area contributed by atoms with Crippen LogP contribution in [0.15, 0.2) is 18.2 Å². The van der Waals surface area contributed by atoms with E-state index in [4.69, 9.17) is 9.47 Å². The Hall–Kier alpha value is -1.30. The van der Waals surface area contributed by atoms with Crippen LogP contribution in [0.4, 0.5) is 5.69 Å². The first kappa shape index (κ1) is 18.5. The van der Waals surface area contributed by atoms with Crippen LogP contribution in [0.2, 0.25) is 0 Å². The molecule has 5 nitrogen and oxygen atoms in total. The van der Waals surface area contributed by atoms with Crippen molar-refractivity contribution in [2.75, 3.05) is 71.0 Å². The molecular weight excluding hydrogens is 314 g/mol. The van der Waals surface area contributed by atoms with Crippen LogP contribution in [0.3, 0.4) is 0 Å². The maximum atomic E-state index is 5.86. The van der Waals surface area contributed by atoms with E-state index in [1.165, 1.54) is 43.7 Å². The molecule has 5 heteroatoms. The summed E-state index contributed by atoms with van der Waals surface area (Å²) in [5, 5.41) is 3.53. The predicted octanol–water partition coefficient (Wildman–Crippen LogP) is 2.14. The number of nitrogens with zero attached hydrogens (tertiary/aromatic N) is 2. The Morgan fingerprint density at radius 3 is 2.72 bits per heavy atom. The van der Waals surface area contributed by atoms with Crippen molar-refractivity contribution in [1.82, 2.24) is 10.2 Å². The molecule has 2 aliphatic rings. The SMILES string of the molecule is COCCOc1cc(N2CCN(CC3CCCNC3)CC2)ccc1C. The Balaban J connectivity index is 1.50. The van der Waals surface area contributed by atoms with Crippen molar-refractivity contribution >= 4 is 5.69 Å². The van der Waals surface area contributed by atoms with Crippen LogP contribution < -0.4 is 15.0 Å². The Labute approximate surface area is 152 Å². The maximum absolute atomic E-state index is 5.86. The third-order valence-corrected chi connectivity index (χ3v) is 5.37. The zero-order valence-corrected chi connectivity index (χ0v) is 15.8. The highest BCUT2D eigenvalue weighted by Crippen LogP contribution is 2.26. The minimum absolute atomic E-state index is 0.601. The van der Waals surface area contributed by atoms with E-state index in [0.717, 1.165) is 37.8 Å². The summed E-state index contributed by atoms with van der Waals surface area (Å²) < 4.78 is 10.9. The average molecular weight is 348 g/mol. The predicted molar refractivity (Wildman–Crippen MR) is 103 cm³/mol. The van der Waals surface area contributed by atoms with Crippen LogP contribution in [-0.2, 0) is 4.74 Å². The van der Waals surface area contributed by atoms with Gasteiger partial charge in [-0.1, -0.05) is 6.07 Å². The lowest BCUT2D eigenvalue weighted by atomic mass is 9.99. The summed E-state index contributed by atoms with van der Waals surface area (Å²) in [4.78, 5) is 5.12. The minimum atomic E-state index is 0.601. The smallest absolute Gasteiger partial charge is 0.124 e. The van der Waals surface area contributed by atoms with Gasteiger partial charge in [0.2, 0.25) is 0 Å². The number of nitrogens with one attached hydrogen (secondary N) is 1. The first-order chi connectivity index (χ1) is 12.3. The van der Waals surface area contributed by atoms with Gasteiger partial charge < -0.3 is 19.7 Å². The van der Waals surface area contributed by atoms with Gasteiger partial charge in [0.1, 0.15) is 12.4 Å². The lowest BCUT2D eigenvalue weighted by Gasteiger charge is -2.38. The summed E-state index contributed by atoms with van der Waals surface area (Å²) in [6.45, 7) is 11.5. The molecule has 1 unspecified atom stereocenters. The van der Waals surface area contributed by atoms with Crippen molar-refractivity contribution in [3.05, 3.63) is 23.8 Å². The molecule has 0 spiro atoms. The van der Waals surface area contributed by atoms with E-state index >= 15 is 0 Å². The number of hydrogen-bond donors (Lipinski definition) is 1. The number of ether oxygens (including phenoxy) is 2. The number of anilines is 1. The molecule has 0 saturated carbocycles. The summed E-state index contributed by atoms with van der Waals surface area (Å²) in [6.07, 6.45) is 2.72. The number of methoxy groups -OCH3 is 1. The third-order valence-electron chi connectivity index (χ3n) is 5.37. The Kier molecular flexibility index (Phi) is 6.96. The molecule has 0 bridgehead atoms. The van der Waals surface area contributed by atoms with Gasteiger partial charge in [0.05, 0.1) is 6.61 Å². The molecule has 0 aliphatic carbocycles. The van der Waals surface area contributed by atoms with Gasteiger partial charge in [0, 0.05) is 51.6 Å². The van der Waals surface area contributed by atoms with Gasteiger partial charge in [0.25, 0.3) is 0 Å². The van der Waals surface area contributed by atoms with Crippen molar-refractivity contribution in [3.8, 4) is 5.75 Å². The van der Waals surface area contributed by atoms with E-state index in [1.54, 1.807) is 7.11 Å². The summed E-state index contributed by atoms with van der Waals surface area (Å²) in [7, 11) is 1.70. The Morgan fingerprint density at radius 1 is 1.16 bits per heavy atom. The second-order valence-corrected chi connectivity index (χ2v) is 7.29. The first-order valence-electron chi connectivity index (χ1n) is 9.66. The summed E-state index contributed by atoms with van der Waals surface area (Å²) in [5.41, 5.74) is 2.46. The summed E-state index contributed by atoms with van der Waals surface area (Å²) in [5.74, 6) is 1.81. The monoisotopic (exact) mass is 347 g/mol. The van der Waals surface area contributed by atoms with Crippen LogP contribution in [0.1, 0.15) is 18.4 Å². The van der Waals surface area contributed by atoms with Crippen molar-refractivity contribution in [2.45, 2.75) is 19.8 Å². The molecule has 2 heterocycles. The van der Waals surface area contributed by atoms with E-state index in [1.807, 2.05) is 0 Å². The maximum Gasteiger partial charge on any atom is 0.124 e. The van der Waals surface area contributed by atoms with Crippen LogP contribution in [0.5, 0.6) is 5.75 Å². The lowest BCUT2D eigenvalue weighted by molar-refractivity contribution is 0.146. The highest BCUT2D eigenvalue weighted by atomic mass is 16.5. The molecule has 25 heavy (non-hydrogen) atoms. The van der Waals surface area contributed by atoms with Gasteiger partial charge in [-0.2, -0.15) is 0 Å². The number of piperazine rings is 1. The number of benzene rings is 1. The van der Waals surface area contributed by atoms with Gasteiger partial charge in [-0.15, -0.1) is 0 Å². The van der Waals surface area contributed by atoms with E-state index in [2.05, 4.69) is 40.2 Å². The van der Waals surface area contributed by atoms with Gasteiger partial charge in [-0.05, 0) is 50.4 Å². The zero-order valence-electron chi connectivity index (χ0n) is 15.8. The van der Waals surface area contributed by atoms with Crippen molar-refractivity contribution in [2.24, 2.45) is 5.92 Å². The molecule has 1 N–H and O–H groups in total. The van der Waals surface area contributed by atoms with E-state index in [0.29, 0.717) is 13.2 Å². The minimum Gasteiger partial charge on any atom is -0.491 e. The Bertz CT molecular complexity index is 524. The quantitative estimate of drug-likeness (QED) is 0.765. The highest BCUT2D eigenvalue weighted by molar-refractivity contribution is 5.54. The van der Waals surface area contributed by atoms with Crippen molar-refractivity contribution in [3.63, 3.8) is 0 Å². The fourth-order valence-corrected chi connectivity index (χ4v) is 3.81. The molecule has 2 saturated heterocycles. The van der Waals surface area contributed by atoms with E-state index in [9.17, 15) is 0 Å². The second-order valence-electron chi connectivity index (χ2n) is 7.29. The van der Waals surface area contributed by atoms with Gasteiger partial charge in [-0.25, -0.2) is 0 Å². The largest absolute Gasteiger partial charge is 0.491 e. The van der Waals surface area contributed by atoms with Crippen LogP contribution in [0, 0.1) is 12.8 Å². The standard InChI is InChI=1S/C20H33N3O2/c1-17-5-6-19(14-20(17)25-13-12-24-2)23-10-8-22(9-11-23)16-18-4-3-7-21-15-18/h5-6,14,18,21H,3-4,7-13,15-16H2,1-2H3. The molecule has 0 aromatic heterocycles. The van der Waals surface area contributed by atoms with Gasteiger partial charge in [-0.3, -0.25) is 4.90 Å². The summed E-state index contributed by atoms with van der Waals surface area (Å²) >= 11 is 0. The zero-order chi connectivity index (χ0) is 17.5. The second kappa shape index (κ2) is 9.41. The molecule has 2 fully saturated rings. The van der Waals surface area contributed by atoms with E-state index < -0.39 is 0 Å². The van der Waals surface area contributed by atoms with Crippen molar-refractivity contribution in [1.29, 1.82) is 0 Å². The van der Waals surface area contributed by atoms with Crippen molar-refractivity contribution < 1.29 is 9.47 Å². The van der Waals surface area contributed by atoms with Gasteiger partial charge in [0.15, 0.2) is 0 Å². The average Bonchev–Trinajstić information content (AvgIpc) is 2.65. The number of piperidine rings is 1. The molecule has 140 valence electrons. The van der Waals surface area contributed by atoms with Gasteiger partial charge >= 0.3 is 0 Å². The van der Waals surface area contributed by atoms with Crippen LogP contribution in [0.25, 0.3) is 0 Å². The number of aryl methyl sites for hydroxylation is 1. The molecule has 1 aromatic carbocycles. The summed E-state index contributed by atoms with van der Waals surface area (Å²) in [6, 6.07) is 6.57. The molecule has 1 aromatic rings. The third kappa shape index (κ3) is 5.33. The van der Waals surface area contributed by atoms with Crippen LogP contribution >= 0.6 is 0 Å². The normalized spacial score (nSPS) is 22.2. The Morgan fingerprint density at radius 2 is 2.00 bits per heavy atom. The fraction of sp³-hybridized carbons (Fsp3) is 0.700. The first-order valence-corrected chi connectivity index (χ1v) is 9.66. The topological polar surface area (TPSA) is 37.0 Å². The molecular formula is C20H33N3O2. The lowest BCUT2D eigenvalue weighted by Crippen LogP contribution is -2.49. The molecule has 3 rings (SSSR count). The van der Waals surface area contributed by atoms with E-state index in [-0.39, 0.29) is 0 Å². The molecule has 2 aliphatic heterocycles. The fourth-order valence-electron chi connectivity index (χ4n) is 3.81. The van der Waals surface area contributed by atoms with Crippen LogP contribution in [-0.4, -0.2) is 71.0 Å². The number of hydrogen-bond acceptors (Lipinski definition) is 5.